The zero-order chi connectivity index (χ0) is 14.8. The van der Waals surface area contributed by atoms with E-state index >= 15 is 0 Å². The fourth-order valence-electron chi connectivity index (χ4n) is 1.42. The molecular weight excluding hydrogens is 298 g/mol. The third-order valence-corrected chi connectivity index (χ3v) is 4.71. The Hall–Kier alpha value is -1.21. The number of carbonyl (C=O) groups excluding carboxylic acids is 2. The highest BCUT2D eigenvalue weighted by Gasteiger charge is 2.20. The Morgan fingerprint density at radius 3 is 2.85 bits per heavy atom. The predicted molar refractivity (Wildman–Crippen MR) is 76.9 cm³/mol. The van der Waals surface area contributed by atoms with Crippen molar-refractivity contribution in [2.24, 2.45) is 5.92 Å². The normalized spacial score (nSPS) is 11.8. The van der Waals surface area contributed by atoms with E-state index in [4.69, 9.17) is 4.74 Å². The number of hydrogen-bond acceptors (Lipinski definition) is 7. The number of carboxylic acid groups (broad SMARTS) is 1. The third kappa shape index (κ3) is 6.29. The van der Waals surface area contributed by atoms with Gasteiger partial charge in [0, 0.05) is 11.9 Å². The summed E-state index contributed by atoms with van der Waals surface area (Å²) in [6, 6.07) is 5.65. The van der Waals surface area contributed by atoms with Crippen LogP contribution in [-0.2, 0) is 14.3 Å². The SMILES string of the molecule is CCOC(=O)C(CCCSSc1ccccn1)C(=O)[O-]. The molecule has 0 fully saturated rings. The summed E-state index contributed by atoms with van der Waals surface area (Å²) in [5.41, 5.74) is 0. The average molecular weight is 314 g/mol. The molecule has 1 rings (SSSR count). The maximum Gasteiger partial charge on any atom is 0.314 e. The van der Waals surface area contributed by atoms with E-state index in [1.165, 1.54) is 10.8 Å². The van der Waals surface area contributed by atoms with Crippen molar-refractivity contribution in [2.75, 3.05) is 12.4 Å². The van der Waals surface area contributed by atoms with Crippen LogP contribution in [0.3, 0.4) is 0 Å². The number of pyridine rings is 1. The molecule has 5 nitrogen and oxygen atoms in total. The van der Waals surface area contributed by atoms with Gasteiger partial charge in [0.15, 0.2) is 0 Å². The molecule has 0 N–H and O–H groups in total. The third-order valence-electron chi connectivity index (χ3n) is 2.36. The minimum absolute atomic E-state index is 0.174. The number of hydrogen-bond donors (Lipinski definition) is 0. The Balaban J connectivity index is 2.24. The van der Waals surface area contributed by atoms with Gasteiger partial charge >= 0.3 is 5.97 Å². The molecule has 0 spiro atoms. The lowest BCUT2D eigenvalue weighted by molar-refractivity contribution is -0.311. The Labute approximate surface area is 125 Å². The lowest BCUT2D eigenvalue weighted by Gasteiger charge is -2.15. The number of rotatable bonds is 9. The van der Waals surface area contributed by atoms with Crippen molar-refractivity contribution >= 4 is 33.5 Å². The van der Waals surface area contributed by atoms with Crippen LogP contribution in [0, 0.1) is 5.92 Å². The van der Waals surface area contributed by atoms with E-state index in [1.807, 2.05) is 18.2 Å². The van der Waals surface area contributed by atoms with Gasteiger partial charge in [-0.1, -0.05) is 16.9 Å². The molecule has 0 aliphatic rings. The van der Waals surface area contributed by atoms with Gasteiger partial charge < -0.3 is 14.6 Å². The van der Waals surface area contributed by atoms with Crippen LogP contribution in [-0.4, -0.2) is 29.3 Å². The number of carboxylic acids is 1. The molecule has 1 unspecified atom stereocenters. The minimum atomic E-state index is -1.37. The molecule has 0 aliphatic heterocycles. The molecule has 0 saturated heterocycles. The van der Waals surface area contributed by atoms with Crippen LogP contribution >= 0.6 is 21.6 Å². The summed E-state index contributed by atoms with van der Waals surface area (Å²) in [5.74, 6) is -2.53. The fraction of sp³-hybridized carbons (Fsp3) is 0.462. The highest BCUT2D eigenvalue weighted by molar-refractivity contribution is 8.76. The highest BCUT2D eigenvalue weighted by Crippen LogP contribution is 2.30. The number of carbonyl (C=O) groups is 2. The largest absolute Gasteiger partial charge is 0.549 e. The van der Waals surface area contributed by atoms with E-state index in [1.54, 1.807) is 23.9 Å². The van der Waals surface area contributed by atoms with Gasteiger partial charge in [0.1, 0.15) is 5.03 Å². The van der Waals surface area contributed by atoms with Crippen molar-refractivity contribution in [3.05, 3.63) is 24.4 Å². The Kier molecular flexibility index (Phi) is 8.13. The summed E-state index contributed by atoms with van der Waals surface area (Å²) in [4.78, 5) is 26.4. The van der Waals surface area contributed by atoms with Gasteiger partial charge in [-0.15, -0.1) is 0 Å². The van der Waals surface area contributed by atoms with E-state index in [-0.39, 0.29) is 13.0 Å². The molecule has 1 heterocycles. The van der Waals surface area contributed by atoms with Crippen LogP contribution < -0.4 is 5.11 Å². The number of aromatic nitrogens is 1. The topological polar surface area (TPSA) is 79.3 Å². The molecule has 7 heteroatoms. The smallest absolute Gasteiger partial charge is 0.314 e. The first kappa shape index (κ1) is 16.8. The maximum atomic E-state index is 11.4. The molecule has 110 valence electrons. The quantitative estimate of drug-likeness (QED) is 0.296. The summed E-state index contributed by atoms with van der Waals surface area (Å²) in [6.45, 7) is 1.82. The second-order valence-electron chi connectivity index (χ2n) is 3.84. The predicted octanol–water partition coefficient (Wildman–Crippen LogP) is 1.53. The van der Waals surface area contributed by atoms with Crippen molar-refractivity contribution in [2.45, 2.75) is 24.8 Å². The van der Waals surface area contributed by atoms with Gasteiger partial charge in [0.25, 0.3) is 0 Å². The van der Waals surface area contributed by atoms with Gasteiger partial charge in [0.2, 0.25) is 0 Å². The molecule has 1 aromatic rings. The molecule has 1 aromatic heterocycles. The van der Waals surface area contributed by atoms with E-state index in [0.717, 1.165) is 10.8 Å². The van der Waals surface area contributed by atoms with Crippen LogP contribution in [0.4, 0.5) is 0 Å². The van der Waals surface area contributed by atoms with Gasteiger partial charge in [-0.05, 0) is 42.7 Å². The molecule has 0 aromatic carbocycles. The second kappa shape index (κ2) is 9.66. The van der Waals surface area contributed by atoms with Crippen molar-refractivity contribution in [3.63, 3.8) is 0 Å². The van der Waals surface area contributed by atoms with Crippen LogP contribution in [0.25, 0.3) is 0 Å². The number of esters is 1. The first-order valence-electron chi connectivity index (χ1n) is 6.23. The first-order chi connectivity index (χ1) is 9.65. The molecule has 0 saturated carbocycles. The molecule has 0 aliphatic carbocycles. The second-order valence-corrected chi connectivity index (χ2v) is 6.28. The summed E-state index contributed by atoms with van der Waals surface area (Å²) < 4.78 is 4.71. The van der Waals surface area contributed by atoms with E-state index < -0.39 is 17.9 Å². The molecular formula is C13H16NO4S2-. The molecule has 1 atom stereocenters. The van der Waals surface area contributed by atoms with Crippen LogP contribution in [0.5, 0.6) is 0 Å². The summed E-state index contributed by atoms with van der Waals surface area (Å²) in [5, 5.41) is 11.8. The number of nitrogens with zero attached hydrogens (tertiary/aromatic N) is 1. The maximum absolute atomic E-state index is 11.4. The molecule has 0 amide bonds. The number of ether oxygens (including phenoxy) is 1. The van der Waals surface area contributed by atoms with E-state index in [9.17, 15) is 14.7 Å². The minimum Gasteiger partial charge on any atom is -0.549 e. The van der Waals surface area contributed by atoms with Gasteiger partial charge in [-0.2, -0.15) is 0 Å². The standard InChI is InChI=1S/C13H17NO4S2/c1-2-18-13(17)10(12(15)16)6-5-9-19-20-11-7-3-4-8-14-11/h3-4,7-8,10H,2,5-6,9H2,1H3,(H,15,16)/p-1. The van der Waals surface area contributed by atoms with Crippen LogP contribution in [0.1, 0.15) is 19.8 Å². The monoisotopic (exact) mass is 314 g/mol. The first-order valence-corrected chi connectivity index (χ1v) is 8.55. The van der Waals surface area contributed by atoms with Gasteiger partial charge in [-0.3, -0.25) is 4.79 Å². The summed E-state index contributed by atoms with van der Waals surface area (Å²) in [6.07, 6.45) is 2.55. The van der Waals surface area contributed by atoms with E-state index in [2.05, 4.69) is 4.98 Å². The molecule has 0 bridgehead atoms. The van der Waals surface area contributed by atoms with Crippen LogP contribution in [0.2, 0.25) is 0 Å². The van der Waals surface area contributed by atoms with Gasteiger partial charge in [-0.25, -0.2) is 4.98 Å². The Morgan fingerprint density at radius 1 is 1.45 bits per heavy atom. The molecule has 0 radical (unpaired) electrons. The van der Waals surface area contributed by atoms with Crippen molar-refractivity contribution in [1.29, 1.82) is 0 Å². The average Bonchev–Trinajstić information content (AvgIpc) is 2.43. The zero-order valence-electron chi connectivity index (χ0n) is 11.1. The van der Waals surface area contributed by atoms with E-state index in [0.29, 0.717) is 6.42 Å². The lowest BCUT2D eigenvalue weighted by atomic mass is 10.0. The Morgan fingerprint density at radius 2 is 2.25 bits per heavy atom. The van der Waals surface area contributed by atoms with Crippen LogP contribution in [0.15, 0.2) is 29.4 Å². The lowest BCUT2D eigenvalue weighted by Crippen LogP contribution is -2.37. The number of aliphatic carboxylic acids is 1. The zero-order valence-corrected chi connectivity index (χ0v) is 12.7. The summed E-state index contributed by atoms with van der Waals surface area (Å²) >= 11 is 0. The van der Waals surface area contributed by atoms with Crippen molar-refractivity contribution in [1.82, 2.24) is 4.98 Å². The Bertz CT molecular complexity index is 428. The van der Waals surface area contributed by atoms with Crippen molar-refractivity contribution < 1.29 is 19.4 Å². The highest BCUT2D eigenvalue weighted by atomic mass is 33.1. The summed E-state index contributed by atoms with van der Waals surface area (Å²) in [7, 11) is 3.10. The van der Waals surface area contributed by atoms with Gasteiger partial charge in [0.05, 0.1) is 18.5 Å². The molecule has 20 heavy (non-hydrogen) atoms. The van der Waals surface area contributed by atoms with Crippen molar-refractivity contribution in [3.8, 4) is 0 Å². The fourth-order valence-corrected chi connectivity index (χ4v) is 3.41.